The van der Waals surface area contributed by atoms with Gasteiger partial charge >= 0.3 is 0 Å². The fourth-order valence-electron chi connectivity index (χ4n) is 1.72. The van der Waals surface area contributed by atoms with Crippen molar-refractivity contribution in [1.29, 1.82) is 0 Å². The van der Waals surface area contributed by atoms with Gasteiger partial charge in [-0.05, 0) is 29.3 Å². The Balaban J connectivity index is 2.19. The summed E-state index contributed by atoms with van der Waals surface area (Å²) in [6, 6.07) is 1.41. The van der Waals surface area contributed by atoms with E-state index < -0.39 is 0 Å². The molecular weight excluding hydrogens is 328 g/mol. The lowest BCUT2D eigenvalue weighted by Gasteiger charge is -2.04. The number of hydrogen-bond acceptors (Lipinski definition) is 4. The molecular formula is C12H15BrN4OS. The highest BCUT2D eigenvalue weighted by Gasteiger charge is 2.14. The number of halogens is 1. The zero-order valence-electron chi connectivity index (χ0n) is 10.8. The Morgan fingerprint density at radius 3 is 2.89 bits per heavy atom. The predicted molar refractivity (Wildman–Crippen MR) is 79.4 cm³/mol. The summed E-state index contributed by atoms with van der Waals surface area (Å²) in [5.74, 6) is 0.717. The summed E-state index contributed by atoms with van der Waals surface area (Å²) in [7, 11) is 0. The standard InChI is InChI=1S/C12H15BrN4OS/c1-3-8-11(13)9(17(4-2)16-8)7-19-12-14-6-5-10(18)15-12/h5-6H,3-4,7H2,1-2H3,(H,14,15,18). The largest absolute Gasteiger partial charge is 0.301 e. The maximum absolute atomic E-state index is 11.2. The molecule has 2 aromatic rings. The number of aromatic nitrogens is 4. The second kappa shape index (κ2) is 6.38. The fourth-order valence-corrected chi connectivity index (χ4v) is 3.48. The van der Waals surface area contributed by atoms with Gasteiger partial charge in [0, 0.05) is 24.6 Å². The van der Waals surface area contributed by atoms with Crippen LogP contribution in [0.2, 0.25) is 0 Å². The number of rotatable bonds is 5. The van der Waals surface area contributed by atoms with E-state index >= 15 is 0 Å². The predicted octanol–water partition coefficient (Wildman–Crippen LogP) is 2.60. The number of thioether (sulfide) groups is 1. The quantitative estimate of drug-likeness (QED) is 0.670. The van der Waals surface area contributed by atoms with Gasteiger partial charge in [-0.2, -0.15) is 5.10 Å². The molecule has 0 aromatic carbocycles. The maximum Gasteiger partial charge on any atom is 0.251 e. The Kier molecular flexibility index (Phi) is 4.81. The molecule has 0 amide bonds. The Morgan fingerprint density at radius 1 is 1.47 bits per heavy atom. The molecule has 2 rings (SSSR count). The normalized spacial score (nSPS) is 10.9. The zero-order chi connectivity index (χ0) is 13.8. The van der Waals surface area contributed by atoms with Crippen LogP contribution in [0.4, 0.5) is 0 Å². The molecule has 0 spiro atoms. The van der Waals surface area contributed by atoms with Crippen molar-refractivity contribution in [2.45, 2.75) is 37.7 Å². The summed E-state index contributed by atoms with van der Waals surface area (Å²) in [5, 5.41) is 5.17. The monoisotopic (exact) mass is 342 g/mol. The number of H-pyrrole nitrogens is 1. The molecule has 0 aliphatic heterocycles. The van der Waals surface area contributed by atoms with Crippen LogP contribution in [0.15, 0.2) is 26.7 Å². The van der Waals surface area contributed by atoms with Crippen molar-refractivity contribution in [3.8, 4) is 0 Å². The minimum atomic E-state index is -0.130. The Hall–Kier alpha value is -1.08. The molecule has 0 saturated heterocycles. The molecule has 0 saturated carbocycles. The van der Waals surface area contributed by atoms with E-state index in [1.165, 1.54) is 24.0 Å². The molecule has 0 unspecified atom stereocenters. The second-order valence-electron chi connectivity index (χ2n) is 3.90. The summed E-state index contributed by atoms with van der Waals surface area (Å²) in [5.41, 5.74) is 2.05. The molecule has 0 aliphatic carbocycles. The summed E-state index contributed by atoms with van der Waals surface area (Å²) in [6.45, 7) is 4.98. The molecule has 0 fully saturated rings. The van der Waals surface area contributed by atoms with Crippen LogP contribution in [0.3, 0.4) is 0 Å². The first-order valence-electron chi connectivity index (χ1n) is 6.07. The topological polar surface area (TPSA) is 63.6 Å². The highest BCUT2D eigenvalue weighted by atomic mass is 79.9. The van der Waals surface area contributed by atoms with Crippen LogP contribution in [0, 0.1) is 0 Å². The van der Waals surface area contributed by atoms with Crippen LogP contribution in [-0.2, 0) is 18.7 Å². The molecule has 7 heteroatoms. The molecule has 0 bridgehead atoms. The van der Waals surface area contributed by atoms with Crippen LogP contribution >= 0.6 is 27.7 Å². The van der Waals surface area contributed by atoms with Crippen LogP contribution in [0.5, 0.6) is 0 Å². The van der Waals surface area contributed by atoms with Crippen molar-refractivity contribution < 1.29 is 0 Å². The second-order valence-corrected chi connectivity index (χ2v) is 5.66. The first kappa shape index (κ1) is 14.3. The van der Waals surface area contributed by atoms with Crippen molar-refractivity contribution in [2.75, 3.05) is 0 Å². The minimum Gasteiger partial charge on any atom is -0.301 e. The van der Waals surface area contributed by atoms with E-state index in [1.54, 1.807) is 0 Å². The van der Waals surface area contributed by atoms with Gasteiger partial charge in [-0.15, -0.1) is 0 Å². The third-order valence-corrected chi connectivity index (χ3v) is 4.50. The Morgan fingerprint density at radius 2 is 2.26 bits per heavy atom. The van der Waals surface area contributed by atoms with Crippen LogP contribution < -0.4 is 5.56 Å². The Labute approximate surface area is 124 Å². The van der Waals surface area contributed by atoms with Gasteiger partial charge < -0.3 is 4.98 Å². The summed E-state index contributed by atoms with van der Waals surface area (Å²) < 4.78 is 3.04. The lowest BCUT2D eigenvalue weighted by Crippen LogP contribution is -2.06. The zero-order valence-corrected chi connectivity index (χ0v) is 13.2. The van der Waals surface area contributed by atoms with E-state index in [1.807, 2.05) is 4.68 Å². The lowest BCUT2D eigenvalue weighted by molar-refractivity contribution is 0.627. The summed E-state index contributed by atoms with van der Waals surface area (Å²) in [6.07, 6.45) is 2.41. The minimum absolute atomic E-state index is 0.130. The third-order valence-electron chi connectivity index (χ3n) is 2.69. The summed E-state index contributed by atoms with van der Waals surface area (Å²) in [4.78, 5) is 18.0. The Bertz CT molecular complexity index is 622. The van der Waals surface area contributed by atoms with E-state index in [-0.39, 0.29) is 5.56 Å². The summed E-state index contributed by atoms with van der Waals surface area (Å²) >= 11 is 5.10. The first-order chi connectivity index (χ1) is 9.15. The fraction of sp³-hybridized carbons (Fsp3) is 0.417. The van der Waals surface area contributed by atoms with Gasteiger partial charge in [0.05, 0.1) is 15.9 Å². The molecule has 0 radical (unpaired) electrons. The first-order valence-corrected chi connectivity index (χ1v) is 7.85. The van der Waals surface area contributed by atoms with Crippen molar-refractivity contribution in [3.63, 3.8) is 0 Å². The highest BCUT2D eigenvalue weighted by Crippen LogP contribution is 2.27. The SMILES string of the molecule is CCc1nn(CC)c(CSc2nccc(=O)[nH]2)c1Br. The van der Waals surface area contributed by atoms with E-state index in [2.05, 4.69) is 44.8 Å². The molecule has 2 aromatic heterocycles. The van der Waals surface area contributed by atoms with Gasteiger partial charge in [-0.1, -0.05) is 18.7 Å². The lowest BCUT2D eigenvalue weighted by atomic mass is 10.3. The number of aromatic amines is 1. The smallest absolute Gasteiger partial charge is 0.251 e. The molecule has 5 nitrogen and oxygen atoms in total. The van der Waals surface area contributed by atoms with Crippen molar-refractivity contribution >= 4 is 27.7 Å². The van der Waals surface area contributed by atoms with E-state index in [4.69, 9.17) is 0 Å². The maximum atomic E-state index is 11.2. The van der Waals surface area contributed by atoms with Gasteiger partial charge in [-0.25, -0.2) is 4.98 Å². The van der Waals surface area contributed by atoms with Gasteiger partial charge in [0.25, 0.3) is 5.56 Å². The highest BCUT2D eigenvalue weighted by molar-refractivity contribution is 9.10. The van der Waals surface area contributed by atoms with Gasteiger partial charge in [0.2, 0.25) is 0 Å². The molecule has 0 aliphatic rings. The van der Waals surface area contributed by atoms with E-state index in [0.717, 1.165) is 28.8 Å². The third kappa shape index (κ3) is 3.27. The average molecular weight is 343 g/mol. The number of nitrogens with one attached hydrogen (secondary N) is 1. The van der Waals surface area contributed by atoms with Crippen molar-refractivity contribution in [3.05, 3.63) is 38.5 Å². The van der Waals surface area contributed by atoms with E-state index in [0.29, 0.717) is 10.9 Å². The van der Waals surface area contributed by atoms with E-state index in [9.17, 15) is 4.79 Å². The molecule has 1 N–H and O–H groups in total. The van der Waals surface area contributed by atoms with Gasteiger partial charge in [0.15, 0.2) is 5.16 Å². The number of aryl methyl sites for hydroxylation is 2. The number of nitrogens with zero attached hydrogens (tertiary/aromatic N) is 3. The average Bonchev–Trinajstić information content (AvgIpc) is 2.72. The van der Waals surface area contributed by atoms with Crippen LogP contribution in [0.1, 0.15) is 25.2 Å². The molecule has 2 heterocycles. The van der Waals surface area contributed by atoms with Gasteiger partial charge in [0.1, 0.15) is 0 Å². The van der Waals surface area contributed by atoms with Crippen molar-refractivity contribution in [1.82, 2.24) is 19.7 Å². The van der Waals surface area contributed by atoms with Crippen molar-refractivity contribution in [2.24, 2.45) is 0 Å². The van der Waals surface area contributed by atoms with Gasteiger partial charge in [-0.3, -0.25) is 9.48 Å². The van der Waals surface area contributed by atoms with Crippen LogP contribution in [0.25, 0.3) is 0 Å². The van der Waals surface area contributed by atoms with Crippen LogP contribution in [-0.4, -0.2) is 19.7 Å². The molecule has 0 atom stereocenters. The molecule has 102 valence electrons. The number of hydrogen-bond donors (Lipinski definition) is 1. The molecule has 19 heavy (non-hydrogen) atoms.